The highest BCUT2D eigenvalue weighted by atomic mass is 19.1. The van der Waals surface area contributed by atoms with Gasteiger partial charge in [-0.2, -0.15) is 0 Å². The van der Waals surface area contributed by atoms with Crippen LogP contribution in [-0.2, 0) is 45.4 Å². The molecule has 1 heterocycles. The van der Waals surface area contributed by atoms with Gasteiger partial charge in [0.15, 0.2) is 0 Å². The highest BCUT2D eigenvalue weighted by molar-refractivity contribution is 5.79. The standard InChI is InChI=1S/C44H52F4N8O4/c45-37-9-1-33(2-10-37)25-49-41(57)29-53-17-19-54(30-42(58)50-26-34-3-11-38(46)12-4-34)21-23-56(32-44(60)52-28-36-7-15-40(48)16-8-36)24-22-55(20-18-53)31-43(59)51-27-35-5-13-39(47)14-6-35/h1-16H,17-32H2,(H,49,57)(H,50,58)(H,51,59)(H,52,60). The molecule has 4 N–H and O–H groups in total. The number of nitrogens with one attached hydrogen (secondary N) is 4. The molecule has 16 heteroatoms. The first-order chi connectivity index (χ1) is 28.9. The maximum absolute atomic E-state index is 13.4. The third-order valence-corrected chi connectivity index (χ3v) is 10.0. The molecule has 0 spiro atoms. The lowest BCUT2D eigenvalue weighted by Gasteiger charge is -2.33. The smallest absolute Gasteiger partial charge is 0.234 e. The SMILES string of the molecule is O=C(CN1CCN(CC(=O)NCc2ccc(F)cc2)CCN(CC(=O)NCc2ccc(F)cc2)CCN(CC(=O)NCc2ccc(F)cc2)CC1)NCc1ccc(F)cc1. The van der Waals surface area contributed by atoms with Crippen LogP contribution in [0.5, 0.6) is 0 Å². The number of amides is 4. The number of hydrogen-bond donors (Lipinski definition) is 4. The maximum atomic E-state index is 13.4. The minimum absolute atomic E-state index is 0.0246. The second-order valence-corrected chi connectivity index (χ2v) is 14.7. The summed E-state index contributed by atoms with van der Waals surface area (Å²) in [6.07, 6.45) is 0. The van der Waals surface area contributed by atoms with Crippen molar-refractivity contribution >= 4 is 23.6 Å². The molecule has 0 atom stereocenters. The topological polar surface area (TPSA) is 129 Å². The highest BCUT2D eigenvalue weighted by Gasteiger charge is 2.22. The van der Waals surface area contributed by atoms with E-state index in [0.29, 0.717) is 52.4 Å². The van der Waals surface area contributed by atoms with Crippen molar-refractivity contribution < 1.29 is 36.7 Å². The number of carbonyl (C=O) groups is 4. The van der Waals surface area contributed by atoms with Gasteiger partial charge in [-0.25, -0.2) is 17.6 Å². The predicted octanol–water partition coefficient (Wildman–Crippen LogP) is 3.03. The number of hydrogen-bond acceptors (Lipinski definition) is 8. The van der Waals surface area contributed by atoms with Crippen LogP contribution in [0.15, 0.2) is 97.1 Å². The van der Waals surface area contributed by atoms with Crippen LogP contribution < -0.4 is 21.3 Å². The van der Waals surface area contributed by atoms with Crippen molar-refractivity contribution in [3.63, 3.8) is 0 Å². The van der Waals surface area contributed by atoms with Gasteiger partial charge >= 0.3 is 0 Å². The van der Waals surface area contributed by atoms with Crippen LogP contribution in [0.1, 0.15) is 22.3 Å². The fraction of sp³-hybridized carbons (Fsp3) is 0.364. The maximum Gasteiger partial charge on any atom is 0.234 e. The summed E-state index contributed by atoms with van der Waals surface area (Å²) < 4.78 is 53.8. The number of halogens is 4. The van der Waals surface area contributed by atoms with Crippen LogP contribution in [0.2, 0.25) is 0 Å². The van der Waals surface area contributed by atoms with E-state index in [1.54, 1.807) is 48.5 Å². The zero-order chi connectivity index (χ0) is 42.7. The molecule has 0 aromatic heterocycles. The van der Waals surface area contributed by atoms with Gasteiger partial charge in [0.1, 0.15) is 23.3 Å². The van der Waals surface area contributed by atoms with Crippen LogP contribution in [-0.4, -0.2) is 122 Å². The molecule has 1 fully saturated rings. The molecule has 0 radical (unpaired) electrons. The zero-order valence-corrected chi connectivity index (χ0v) is 33.5. The average molecular weight is 833 g/mol. The van der Waals surface area contributed by atoms with E-state index in [4.69, 9.17) is 0 Å². The summed E-state index contributed by atoms with van der Waals surface area (Å²) in [5.74, 6) is -2.51. The van der Waals surface area contributed by atoms with Crippen LogP contribution in [0.4, 0.5) is 17.6 Å². The molecular weight excluding hydrogens is 781 g/mol. The third-order valence-electron chi connectivity index (χ3n) is 10.0. The molecule has 1 saturated heterocycles. The van der Waals surface area contributed by atoms with Crippen molar-refractivity contribution in [3.8, 4) is 0 Å². The fourth-order valence-corrected chi connectivity index (χ4v) is 6.46. The number of rotatable bonds is 16. The van der Waals surface area contributed by atoms with Gasteiger partial charge < -0.3 is 21.3 Å². The Morgan fingerprint density at radius 3 is 0.667 bits per heavy atom. The molecule has 5 rings (SSSR count). The van der Waals surface area contributed by atoms with Crippen LogP contribution in [0.25, 0.3) is 0 Å². The predicted molar refractivity (Wildman–Crippen MR) is 219 cm³/mol. The van der Waals surface area contributed by atoms with E-state index < -0.39 is 0 Å². The van der Waals surface area contributed by atoms with Gasteiger partial charge in [0.2, 0.25) is 23.6 Å². The molecule has 0 bridgehead atoms. The van der Waals surface area contributed by atoms with E-state index in [1.165, 1.54) is 48.5 Å². The molecule has 4 aromatic carbocycles. The van der Waals surface area contributed by atoms with Crippen molar-refractivity contribution in [2.45, 2.75) is 26.2 Å². The van der Waals surface area contributed by atoms with E-state index in [0.717, 1.165) is 22.3 Å². The molecule has 0 aliphatic carbocycles. The van der Waals surface area contributed by atoms with E-state index >= 15 is 0 Å². The quantitative estimate of drug-likeness (QED) is 0.127. The summed E-state index contributed by atoms with van der Waals surface area (Å²) in [6.45, 7) is 4.03. The molecule has 1 aliphatic rings. The summed E-state index contributed by atoms with van der Waals surface area (Å²) in [5, 5.41) is 11.6. The molecule has 12 nitrogen and oxygen atoms in total. The zero-order valence-electron chi connectivity index (χ0n) is 33.5. The molecule has 0 saturated carbocycles. The monoisotopic (exact) mass is 832 g/mol. The molecule has 60 heavy (non-hydrogen) atoms. The lowest BCUT2D eigenvalue weighted by atomic mass is 10.2. The average Bonchev–Trinajstić information content (AvgIpc) is 3.23. The summed E-state index contributed by atoms with van der Waals surface area (Å²) >= 11 is 0. The number of nitrogens with zero attached hydrogens (tertiary/aromatic N) is 4. The Morgan fingerprint density at radius 2 is 0.500 bits per heavy atom. The Morgan fingerprint density at radius 1 is 0.333 bits per heavy atom. The molecule has 4 amide bonds. The lowest BCUT2D eigenvalue weighted by Crippen LogP contribution is -2.51. The molecule has 320 valence electrons. The van der Waals surface area contributed by atoms with Gasteiger partial charge in [0, 0.05) is 78.5 Å². The Kier molecular flexibility index (Phi) is 18.0. The largest absolute Gasteiger partial charge is 0.351 e. The summed E-state index contributed by atoms with van der Waals surface area (Å²) in [5.41, 5.74) is 2.95. The van der Waals surface area contributed by atoms with Gasteiger partial charge in [-0.15, -0.1) is 0 Å². The van der Waals surface area contributed by atoms with Gasteiger partial charge in [-0.05, 0) is 70.8 Å². The summed E-state index contributed by atoms with van der Waals surface area (Å²) in [6, 6.07) is 23.4. The molecule has 0 unspecified atom stereocenters. The van der Waals surface area contributed by atoms with Crippen molar-refractivity contribution in [2.24, 2.45) is 0 Å². The van der Waals surface area contributed by atoms with Gasteiger partial charge in [-0.1, -0.05) is 48.5 Å². The number of benzene rings is 4. The normalized spacial score (nSPS) is 15.0. The lowest BCUT2D eigenvalue weighted by molar-refractivity contribution is -0.125. The first-order valence-electron chi connectivity index (χ1n) is 19.9. The van der Waals surface area contributed by atoms with Crippen molar-refractivity contribution in [3.05, 3.63) is 143 Å². The Hall–Kier alpha value is -5.68. The number of carbonyl (C=O) groups excluding carboxylic acids is 4. The molecule has 4 aromatic rings. The van der Waals surface area contributed by atoms with E-state index in [2.05, 4.69) is 21.3 Å². The van der Waals surface area contributed by atoms with Crippen molar-refractivity contribution in [1.82, 2.24) is 40.9 Å². The summed E-state index contributed by atoms with van der Waals surface area (Å²) in [7, 11) is 0. The molecular formula is C44H52F4N8O4. The van der Waals surface area contributed by atoms with E-state index in [-0.39, 0.29) is 99.3 Å². The van der Waals surface area contributed by atoms with Crippen LogP contribution >= 0.6 is 0 Å². The van der Waals surface area contributed by atoms with Crippen molar-refractivity contribution in [1.29, 1.82) is 0 Å². The first-order valence-corrected chi connectivity index (χ1v) is 19.9. The van der Waals surface area contributed by atoms with Gasteiger partial charge in [0.25, 0.3) is 0 Å². The highest BCUT2D eigenvalue weighted by Crippen LogP contribution is 2.07. The summed E-state index contributed by atoms with van der Waals surface area (Å²) in [4.78, 5) is 60.8. The second kappa shape index (κ2) is 23.8. The Balaban J connectivity index is 1.27. The Labute approximate surface area is 347 Å². The van der Waals surface area contributed by atoms with Crippen LogP contribution in [0.3, 0.4) is 0 Å². The van der Waals surface area contributed by atoms with E-state index in [9.17, 15) is 36.7 Å². The molecule has 1 aliphatic heterocycles. The van der Waals surface area contributed by atoms with Crippen LogP contribution in [0, 0.1) is 23.3 Å². The minimum atomic E-state index is -0.375. The van der Waals surface area contributed by atoms with Crippen molar-refractivity contribution in [2.75, 3.05) is 78.5 Å². The van der Waals surface area contributed by atoms with Gasteiger partial charge in [0.05, 0.1) is 26.2 Å². The van der Waals surface area contributed by atoms with E-state index in [1.807, 2.05) is 19.6 Å². The first kappa shape index (κ1) is 45.4. The minimum Gasteiger partial charge on any atom is -0.351 e. The third kappa shape index (κ3) is 16.9. The Bertz CT molecular complexity index is 1670. The van der Waals surface area contributed by atoms with Gasteiger partial charge in [-0.3, -0.25) is 38.8 Å². The fourth-order valence-electron chi connectivity index (χ4n) is 6.46. The second-order valence-electron chi connectivity index (χ2n) is 14.7.